The number of rotatable bonds is 10. The summed E-state index contributed by atoms with van der Waals surface area (Å²) in [5.74, 6) is -1.15. The van der Waals surface area contributed by atoms with Crippen LogP contribution in [0.4, 0.5) is 11.4 Å². The van der Waals surface area contributed by atoms with Gasteiger partial charge < -0.3 is 10.2 Å². The van der Waals surface area contributed by atoms with Gasteiger partial charge >= 0.3 is 11.4 Å². The minimum Gasteiger partial charge on any atom is -0.502 e. The molecule has 43 heavy (non-hydrogen) atoms. The van der Waals surface area contributed by atoms with Crippen molar-refractivity contribution in [3.8, 4) is 11.5 Å². The zero-order valence-corrected chi connectivity index (χ0v) is 24.3. The second-order valence-electron chi connectivity index (χ2n) is 9.26. The van der Waals surface area contributed by atoms with Crippen molar-refractivity contribution in [3.05, 3.63) is 150 Å². The van der Waals surface area contributed by atoms with E-state index in [9.17, 15) is 38.9 Å². The monoisotopic (exact) mass is 640 g/mol. The summed E-state index contributed by atoms with van der Waals surface area (Å²) in [6, 6.07) is 19.6. The van der Waals surface area contributed by atoms with Crippen molar-refractivity contribution in [3.63, 3.8) is 0 Å². The van der Waals surface area contributed by atoms with Gasteiger partial charge in [-0.3, -0.25) is 20.2 Å². The first-order valence-corrected chi connectivity index (χ1v) is 14.8. The number of hydrogen-bond acceptors (Lipinski definition) is 8. The van der Waals surface area contributed by atoms with E-state index >= 15 is 0 Å². The molecule has 0 aromatic heterocycles. The maximum Gasteiger partial charge on any atom is 0.310 e. The standard InChI is InChI=1S/C30H22Cl2N2O8S/c31-23-9-5-21(6-10-23)29(15-3-19-1-13-25(33(37)38)27(35)17-19)43(41,42)30(22-7-11-24(32)12-8-22)16-4-20-2-14-26(34(39)40)28(36)18-20/h1-18,29-30,35-36H/b15-3+,16-4+. The molecule has 2 N–H and O–H groups in total. The van der Waals surface area contributed by atoms with Gasteiger partial charge in [-0.2, -0.15) is 0 Å². The van der Waals surface area contributed by atoms with Crippen molar-refractivity contribution < 1.29 is 28.5 Å². The van der Waals surface area contributed by atoms with E-state index in [1.54, 1.807) is 24.3 Å². The maximum absolute atomic E-state index is 14.4. The summed E-state index contributed by atoms with van der Waals surface area (Å²) in [4.78, 5) is 20.7. The number of nitro benzene ring substituents is 2. The van der Waals surface area contributed by atoms with Crippen LogP contribution in [0.15, 0.2) is 97.1 Å². The highest BCUT2D eigenvalue weighted by molar-refractivity contribution is 7.92. The van der Waals surface area contributed by atoms with E-state index in [-0.39, 0.29) is 0 Å². The Morgan fingerprint density at radius 3 is 1.28 bits per heavy atom. The smallest absolute Gasteiger partial charge is 0.310 e. The summed E-state index contributed by atoms with van der Waals surface area (Å²) in [5.41, 5.74) is 0.377. The van der Waals surface area contributed by atoms with Crippen molar-refractivity contribution in [1.29, 1.82) is 0 Å². The van der Waals surface area contributed by atoms with Crippen LogP contribution in [0.2, 0.25) is 10.0 Å². The number of nitro groups is 2. The Balaban J connectivity index is 1.83. The Morgan fingerprint density at radius 1 is 0.628 bits per heavy atom. The highest BCUT2D eigenvalue weighted by Gasteiger charge is 2.33. The van der Waals surface area contributed by atoms with E-state index in [4.69, 9.17) is 23.2 Å². The number of phenols is 2. The molecular formula is C30H22Cl2N2O8S. The molecular weight excluding hydrogens is 619 g/mol. The molecule has 0 radical (unpaired) electrons. The van der Waals surface area contributed by atoms with E-state index < -0.39 is 53.1 Å². The van der Waals surface area contributed by atoms with Gasteiger partial charge in [-0.05, 0) is 70.8 Å². The number of nitrogens with zero attached hydrogens (tertiary/aromatic N) is 2. The lowest BCUT2D eigenvalue weighted by molar-refractivity contribution is -0.386. The molecule has 0 fully saturated rings. The quantitative estimate of drug-likeness (QED) is 0.131. The molecule has 0 saturated carbocycles. The Hall–Kier alpha value is -4.71. The maximum atomic E-state index is 14.4. The number of phenolic OH excluding ortho intramolecular Hbond substituents is 2. The third-order valence-electron chi connectivity index (χ3n) is 6.42. The minimum absolute atomic E-state index is 0.317. The number of hydrogen-bond donors (Lipinski definition) is 2. The molecule has 10 nitrogen and oxygen atoms in total. The largest absolute Gasteiger partial charge is 0.502 e. The fraction of sp³-hybridized carbons (Fsp3) is 0.0667. The van der Waals surface area contributed by atoms with Crippen LogP contribution in [-0.4, -0.2) is 28.5 Å². The zero-order valence-electron chi connectivity index (χ0n) is 21.9. The van der Waals surface area contributed by atoms with E-state index in [2.05, 4.69) is 0 Å². The summed E-state index contributed by atoms with van der Waals surface area (Å²) in [6.07, 6.45) is 5.65. The average Bonchev–Trinajstić information content (AvgIpc) is 2.94. The highest BCUT2D eigenvalue weighted by atomic mass is 35.5. The summed E-state index contributed by atoms with van der Waals surface area (Å²) < 4.78 is 28.8. The van der Waals surface area contributed by atoms with Gasteiger partial charge in [-0.25, -0.2) is 8.42 Å². The normalized spacial score (nSPS) is 13.3. The second-order valence-corrected chi connectivity index (χ2v) is 12.3. The summed E-state index contributed by atoms with van der Waals surface area (Å²) in [5, 5.41) is 40.5. The third-order valence-corrected chi connectivity index (χ3v) is 9.20. The molecule has 4 rings (SSSR count). The van der Waals surface area contributed by atoms with Crippen molar-refractivity contribution in [1.82, 2.24) is 0 Å². The summed E-state index contributed by atoms with van der Waals surface area (Å²) >= 11 is 12.1. The lowest BCUT2D eigenvalue weighted by Crippen LogP contribution is -2.19. The van der Waals surface area contributed by atoms with Crippen molar-refractivity contribution >= 4 is 56.6 Å². The first kappa shape index (κ1) is 31.2. The molecule has 0 bridgehead atoms. The van der Waals surface area contributed by atoms with Gasteiger partial charge in [0, 0.05) is 22.2 Å². The first-order valence-electron chi connectivity index (χ1n) is 12.4. The Labute approximate surface area is 256 Å². The van der Waals surface area contributed by atoms with Gasteiger partial charge in [0.2, 0.25) is 0 Å². The van der Waals surface area contributed by atoms with Crippen LogP contribution in [0.1, 0.15) is 32.8 Å². The fourth-order valence-corrected chi connectivity index (χ4v) is 6.51. The molecule has 2 unspecified atom stereocenters. The lowest BCUT2D eigenvalue weighted by Gasteiger charge is -2.22. The van der Waals surface area contributed by atoms with Gasteiger partial charge in [-0.1, -0.05) is 71.8 Å². The Bertz CT molecular complexity index is 1710. The van der Waals surface area contributed by atoms with Gasteiger partial charge in [0.15, 0.2) is 21.3 Å². The van der Waals surface area contributed by atoms with Gasteiger partial charge in [0.1, 0.15) is 10.5 Å². The fourth-order valence-electron chi connectivity index (χ4n) is 4.28. The average molecular weight is 641 g/mol. The van der Waals surface area contributed by atoms with E-state index in [1.165, 1.54) is 60.7 Å². The lowest BCUT2D eigenvalue weighted by atomic mass is 10.1. The molecule has 4 aromatic carbocycles. The van der Waals surface area contributed by atoms with Crippen molar-refractivity contribution in [2.45, 2.75) is 10.5 Å². The summed E-state index contributed by atoms with van der Waals surface area (Å²) in [6.45, 7) is 0. The van der Waals surface area contributed by atoms with Crippen LogP contribution in [0.3, 0.4) is 0 Å². The van der Waals surface area contributed by atoms with Crippen LogP contribution in [0, 0.1) is 20.2 Å². The van der Waals surface area contributed by atoms with Crippen LogP contribution in [0.5, 0.6) is 11.5 Å². The minimum atomic E-state index is -4.20. The van der Waals surface area contributed by atoms with Crippen LogP contribution in [-0.2, 0) is 9.84 Å². The first-order chi connectivity index (χ1) is 20.4. The number of aromatic hydroxyl groups is 2. The topological polar surface area (TPSA) is 161 Å². The molecule has 0 aliphatic carbocycles. The molecule has 220 valence electrons. The van der Waals surface area contributed by atoms with Gasteiger partial charge in [0.05, 0.1) is 9.85 Å². The predicted octanol–water partition coefficient (Wildman–Crippen LogP) is 7.85. The SMILES string of the molecule is O=[N+]([O-])c1ccc(/C=C/C(c2ccc(Cl)cc2)S(=O)(=O)C(/C=C/c2ccc([N+](=O)[O-])c(O)c2)c2ccc(Cl)cc2)cc1O. The predicted molar refractivity (Wildman–Crippen MR) is 165 cm³/mol. The molecule has 0 aliphatic rings. The second kappa shape index (κ2) is 13.1. The van der Waals surface area contributed by atoms with Gasteiger partial charge in [-0.15, -0.1) is 0 Å². The number of halogens is 2. The Kier molecular flexibility index (Phi) is 9.50. The van der Waals surface area contributed by atoms with Crippen molar-refractivity contribution in [2.24, 2.45) is 0 Å². The third kappa shape index (κ3) is 7.39. The van der Waals surface area contributed by atoms with E-state index in [0.29, 0.717) is 32.3 Å². The molecule has 0 spiro atoms. The summed E-state index contributed by atoms with van der Waals surface area (Å²) in [7, 11) is -4.20. The molecule has 2 atom stereocenters. The van der Waals surface area contributed by atoms with Crippen molar-refractivity contribution in [2.75, 3.05) is 0 Å². The number of benzene rings is 4. The van der Waals surface area contributed by atoms with Crippen LogP contribution >= 0.6 is 23.2 Å². The Morgan fingerprint density at radius 2 is 0.977 bits per heavy atom. The van der Waals surface area contributed by atoms with Crippen LogP contribution < -0.4 is 0 Å². The molecule has 0 heterocycles. The molecule has 4 aromatic rings. The van der Waals surface area contributed by atoms with E-state index in [1.807, 2.05) is 0 Å². The van der Waals surface area contributed by atoms with Gasteiger partial charge in [0.25, 0.3) is 0 Å². The highest BCUT2D eigenvalue weighted by Crippen LogP contribution is 2.39. The van der Waals surface area contributed by atoms with E-state index in [0.717, 1.165) is 24.3 Å². The number of sulfone groups is 1. The molecule has 0 aliphatic heterocycles. The molecule has 0 saturated heterocycles. The molecule has 0 amide bonds. The van der Waals surface area contributed by atoms with Crippen LogP contribution in [0.25, 0.3) is 12.2 Å². The molecule has 13 heteroatoms. The zero-order chi connectivity index (χ0) is 31.3.